The van der Waals surface area contributed by atoms with Crippen LogP contribution in [-0.4, -0.2) is 95.2 Å². The van der Waals surface area contributed by atoms with Crippen LogP contribution in [0.3, 0.4) is 0 Å². The summed E-state index contributed by atoms with van der Waals surface area (Å²) in [5, 5.41) is 15.0. The third kappa shape index (κ3) is 8.05. The number of hydrogen-bond acceptors (Lipinski definition) is 10. The molecular formula is C44H50ClN7O6. The highest BCUT2D eigenvalue weighted by molar-refractivity contribution is 6.31. The van der Waals surface area contributed by atoms with Crippen LogP contribution in [0.4, 0.5) is 5.69 Å². The molecule has 304 valence electrons. The van der Waals surface area contributed by atoms with Gasteiger partial charge < -0.3 is 15.0 Å². The van der Waals surface area contributed by atoms with Crippen molar-refractivity contribution in [3.8, 4) is 11.8 Å². The minimum Gasteiger partial charge on any atom is -0.489 e. The number of halogens is 1. The summed E-state index contributed by atoms with van der Waals surface area (Å²) in [6.07, 6.45) is 6.86. The van der Waals surface area contributed by atoms with Crippen molar-refractivity contribution in [3.05, 3.63) is 87.7 Å². The molecule has 2 N–H and O–H groups in total. The van der Waals surface area contributed by atoms with E-state index in [0.717, 1.165) is 81.1 Å². The largest absolute Gasteiger partial charge is 0.489 e. The Labute approximate surface area is 344 Å². The zero-order valence-corrected chi connectivity index (χ0v) is 34.2. The van der Waals surface area contributed by atoms with Crippen molar-refractivity contribution in [1.29, 1.82) is 5.26 Å². The third-order valence-electron chi connectivity index (χ3n) is 12.3. The lowest BCUT2D eigenvalue weighted by molar-refractivity contribution is -0.164. The Hall–Kier alpha value is -5.32. The summed E-state index contributed by atoms with van der Waals surface area (Å²) in [6, 6.07) is 15.1. The van der Waals surface area contributed by atoms with Crippen molar-refractivity contribution < 1.29 is 28.7 Å². The summed E-state index contributed by atoms with van der Waals surface area (Å²) < 4.78 is 6.35. The van der Waals surface area contributed by atoms with Gasteiger partial charge in [-0.25, -0.2) is 0 Å². The number of nitrogens with zero attached hydrogens (tertiary/aromatic N) is 5. The normalized spacial score (nSPS) is 22.5. The number of ether oxygens (including phenoxy) is 1. The zero-order chi connectivity index (χ0) is 41.4. The zero-order valence-electron chi connectivity index (χ0n) is 33.5. The van der Waals surface area contributed by atoms with Crippen molar-refractivity contribution in [2.24, 2.45) is 10.8 Å². The number of pyridine rings is 1. The van der Waals surface area contributed by atoms with Crippen LogP contribution in [0.25, 0.3) is 0 Å². The molecule has 0 bridgehead atoms. The molecule has 1 aliphatic carbocycles. The molecule has 2 aromatic carbocycles. The molecule has 0 radical (unpaired) electrons. The fourth-order valence-corrected chi connectivity index (χ4v) is 9.61. The van der Waals surface area contributed by atoms with Crippen LogP contribution in [0.2, 0.25) is 5.02 Å². The van der Waals surface area contributed by atoms with Crippen LogP contribution in [0.1, 0.15) is 109 Å². The highest BCUT2D eigenvalue weighted by atomic mass is 35.5. The van der Waals surface area contributed by atoms with Crippen molar-refractivity contribution >= 4 is 46.8 Å². The maximum atomic E-state index is 13.3. The van der Waals surface area contributed by atoms with Gasteiger partial charge in [-0.15, -0.1) is 0 Å². The summed E-state index contributed by atoms with van der Waals surface area (Å²) in [5.74, 6) is -1.55. The first-order valence-electron chi connectivity index (χ1n) is 20.1. The van der Waals surface area contributed by atoms with Crippen molar-refractivity contribution in [1.82, 2.24) is 25.4 Å². The molecule has 4 heterocycles. The van der Waals surface area contributed by atoms with Crippen LogP contribution in [0.15, 0.2) is 54.7 Å². The first-order valence-corrected chi connectivity index (χ1v) is 20.5. The Morgan fingerprint density at radius 2 is 1.66 bits per heavy atom. The van der Waals surface area contributed by atoms with Gasteiger partial charge in [0.1, 0.15) is 24.0 Å². The second kappa shape index (κ2) is 16.5. The monoisotopic (exact) mass is 807 g/mol. The third-order valence-corrected chi connectivity index (χ3v) is 12.6. The van der Waals surface area contributed by atoms with E-state index < -0.39 is 29.7 Å². The van der Waals surface area contributed by atoms with Crippen LogP contribution < -0.4 is 20.3 Å². The Bertz CT molecular complexity index is 2140. The minimum atomic E-state index is -0.972. The van der Waals surface area contributed by atoms with Gasteiger partial charge >= 0.3 is 0 Å². The predicted octanol–water partition coefficient (Wildman–Crippen LogP) is 5.54. The van der Waals surface area contributed by atoms with Crippen LogP contribution in [0, 0.1) is 22.2 Å². The number of imide groups is 2. The second-order valence-corrected chi connectivity index (χ2v) is 17.4. The van der Waals surface area contributed by atoms with E-state index in [-0.39, 0.29) is 41.7 Å². The van der Waals surface area contributed by atoms with Gasteiger partial charge in [-0.3, -0.25) is 44.1 Å². The number of anilines is 1. The topological polar surface area (TPSA) is 165 Å². The number of aromatic nitrogens is 1. The number of carbonyl (C=O) groups is 5. The first kappa shape index (κ1) is 40.9. The van der Waals surface area contributed by atoms with E-state index in [1.165, 1.54) is 0 Å². The lowest BCUT2D eigenvalue weighted by Crippen LogP contribution is -2.74. The number of unbranched alkanes of at least 4 members (excludes halogenated alkanes) is 3. The number of benzene rings is 2. The number of nitriles is 1. The molecule has 3 aromatic rings. The molecular weight excluding hydrogens is 758 g/mol. The number of piperazine rings is 1. The maximum Gasteiger partial charge on any atom is 0.262 e. The van der Waals surface area contributed by atoms with E-state index in [4.69, 9.17) is 16.3 Å². The maximum absolute atomic E-state index is 13.3. The van der Waals surface area contributed by atoms with Gasteiger partial charge in [-0.05, 0) is 74.7 Å². The predicted molar refractivity (Wildman–Crippen MR) is 218 cm³/mol. The lowest BCUT2D eigenvalue weighted by Gasteiger charge is -2.63. The lowest BCUT2D eigenvalue weighted by atomic mass is 9.49. The van der Waals surface area contributed by atoms with Gasteiger partial charge in [0.2, 0.25) is 11.8 Å². The number of aryl methyl sites for hydroxylation is 1. The molecule has 1 aromatic heterocycles. The molecule has 2 saturated heterocycles. The molecule has 3 aliphatic heterocycles. The van der Waals surface area contributed by atoms with Gasteiger partial charge in [0.25, 0.3) is 17.7 Å². The molecule has 1 saturated carbocycles. The molecule has 14 heteroatoms. The molecule has 58 heavy (non-hydrogen) atoms. The molecule has 5 amide bonds. The number of hydrogen-bond donors (Lipinski definition) is 2. The fraction of sp³-hybridized carbons (Fsp3) is 0.477. The molecule has 1 atom stereocenters. The highest BCUT2D eigenvalue weighted by Gasteiger charge is 2.64. The first-order chi connectivity index (χ1) is 27.7. The highest BCUT2D eigenvalue weighted by Crippen LogP contribution is 2.55. The summed E-state index contributed by atoms with van der Waals surface area (Å²) in [6.45, 7) is 12.7. The smallest absolute Gasteiger partial charge is 0.262 e. The van der Waals surface area contributed by atoms with E-state index in [1.807, 2.05) is 18.2 Å². The summed E-state index contributed by atoms with van der Waals surface area (Å²) in [7, 11) is 0. The van der Waals surface area contributed by atoms with E-state index in [1.54, 1.807) is 36.5 Å². The quantitative estimate of drug-likeness (QED) is 0.165. The number of nitrogens with one attached hydrogen (secondary N) is 2. The average molecular weight is 808 g/mol. The number of amides is 5. The van der Waals surface area contributed by atoms with Crippen LogP contribution in [0.5, 0.6) is 5.75 Å². The SMILES string of the molecule is CC1(C)C(NC(=O)c2ccc(CCCCCCN3CCN(c4ccc5c(c4)C(=O)N(C4CCC(=O)NC4=O)C5=O)CC3)nc2)C(C)(C)C1Oc1ccc(C#N)c(Cl)c1. The second-order valence-electron chi connectivity index (χ2n) is 17.0. The van der Waals surface area contributed by atoms with Gasteiger partial charge in [-0.2, -0.15) is 5.26 Å². The molecule has 3 fully saturated rings. The summed E-state index contributed by atoms with van der Waals surface area (Å²) >= 11 is 6.23. The van der Waals surface area contributed by atoms with Gasteiger partial charge in [0.05, 0.1) is 27.3 Å². The van der Waals surface area contributed by atoms with E-state index in [0.29, 0.717) is 33.0 Å². The molecule has 13 nitrogen and oxygen atoms in total. The number of rotatable bonds is 13. The Balaban J connectivity index is 0.800. The molecule has 7 rings (SSSR count). The molecule has 0 spiro atoms. The Morgan fingerprint density at radius 1 is 0.931 bits per heavy atom. The van der Waals surface area contributed by atoms with E-state index >= 15 is 0 Å². The summed E-state index contributed by atoms with van der Waals surface area (Å²) in [5.41, 5.74) is 2.64. The van der Waals surface area contributed by atoms with Crippen molar-refractivity contribution in [3.63, 3.8) is 0 Å². The van der Waals surface area contributed by atoms with Gasteiger partial charge in [0, 0.05) is 73.1 Å². The number of fused-ring (bicyclic) bond motifs is 1. The van der Waals surface area contributed by atoms with Crippen LogP contribution in [-0.2, 0) is 16.0 Å². The van der Waals surface area contributed by atoms with E-state index in [2.05, 4.69) is 59.2 Å². The molecule has 4 aliphatic rings. The van der Waals surface area contributed by atoms with Gasteiger partial charge in [-0.1, -0.05) is 52.1 Å². The summed E-state index contributed by atoms with van der Waals surface area (Å²) in [4.78, 5) is 73.9. The van der Waals surface area contributed by atoms with Crippen LogP contribution >= 0.6 is 11.6 Å². The van der Waals surface area contributed by atoms with E-state index in [9.17, 15) is 29.2 Å². The number of piperidine rings is 1. The van der Waals surface area contributed by atoms with Gasteiger partial charge in [0.15, 0.2) is 0 Å². The van der Waals surface area contributed by atoms with Crippen molar-refractivity contribution in [2.45, 2.75) is 90.8 Å². The molecule has 1 unspecified atom stereocenters. The fourth-order valence-electron chi connectivity index (χ4n) is 9.40. The minimum absolute atomic E-state index is 0.0911. The standard InChI is InChI=1S/C44H50ClN7O6/c1-43(2)41(44(3,4)42(43)58-31-14-11-27(25-46)34(45)24-31)49-37(54)28-10-12-29(47-26-28)9-7-5-6-8-18-50-19-21-51(22-20-50)30-13-15-32-33(23-30)40(57)52(39(32)56)35-16-17-36(53)48-38(35)55/h10-15,23-24,26,35,41-42H,5-9,16-22H2,1-4H3,(H,49,54)(H,48,53,55). The van der Waals surface area contributed by atoms with Crippen molar-refractivity contribution in [2.75, 3.05) is 37.6 Å². The average Bonchev–Trinajstić information content (AvgIpc) is 3.45. The Kier molecular flexibility index (Phi) is 11.6. The number of carbonyl (C=O) groups excluding carboxylic acids is 5. The Morgan fingerprint density at radius 3 is 2.33 bits per heavy atom.